The third kappa shape index (κ3) is 4.00. The molecule has 4 rings (SSSR count). The number of aromatic amines is 1. The number of H-pyrrole nitrogens is 1. The molecule has 32 heavy (non-hydrogen) atoms. The first-order chi connectivity index (χ1) is 15.2. The first-order valence-corrected chi connectivity index (χ1v) is 10.9. The molecular weight excluding hydrogens is 402 g/mol. The number of amides is 2. The van der Waals surface area contributed by atoms with Crippen LogP contribution in [-0.2, 0) is 0 Å². The number of carboxylic acid groups (broad SMARTS) is 1. The Balaban J connectivity index is 1.89. The number of fused-ring (bicyclic) bond motifs is 1. The molecule has 3 aromatic rings. The molecule has 166 valence electrons. The molecular formula is C26H29N3O3. The van der Waals surface area contributed by atoms with Crippen LogP contribution in [-0.4, -0.2) is 39.6 Å². The molecule has 0 saturated carbocycles. The van der Waals surface area contributed by atoms with Crippen molar-refractivity contribution in [2.75, 3.05) is 6.54 Å². The van der Waals surface area contributed by atoms with Gasteiger partial charge in [-0.25, -0.2) is 4.79 Å². The Hall–Kier alpha value is -3.54. The zero-order valence-electron chi connectivity index (χ0n) is 18.7. The SMILES string of the molecule is CC(C)(C)C1/C(=C/c2c[nH]c3c(C(N)=O)cc(-c4ccccc4)cc23)CCCN1C(=O)O. The Labute approximate surface area is 187 Å². The predicted molar refractivity (Wildman–Crippen MR) is 127 cm³/mol. The number of hydrogen-bond donors (Lipinski definition) is 3. The number of benzene rings is 2. The van der Waals surface area contributed by atoms with Crippen molar-refractivity contribution in [3.63, 3.8) is 0 Å². The molecule has 4 N–H and O–H groups in total. The minimum Gasteiger partial charge on any atom is -0.465 e. The third-order valence-corrected chi connectivity index (χ3v) is 6.13. The maximum Gasteiger partial charge on any atom is 0.407 e. The Morgan fingerprint density at radius 1 is 1.16 bits per heavy atom. The molecule has 1 saturated heterocycles. The van der Waals surface area contributed by atoms with Crippen LogP contribution in [0, 0.1) is 5.41 Å². The molecule has 1 atom stereocenters. The Bertz CT molecular complexity index is 1200. The van der Waals surface area contributed by atoms with Gasteiger partial charge in [0, 0.05) is 18.1 Å². The van der Waals surface area contributed by atoms with E-state index in [0.717, 1.165) is 40.5 Å². The van der Waals surface area contributed by atoms with E-state index in [9.17, 15) is 14.7 Å². The first kappa shape index (κ1) is 21.7. The number of piperidine rings is 1. The molecule has 0 radical (unpaired) electrons. The monoisotopic (exact) mass is 431 g/mol. The summed E-state index contributed by atoms with van der Waals surface area (Å²) in [5, 5.41) is 10.7. The van der Waals surface area contributed by atoms with Crippen LogP contribution in [0.4, 0.5) is 4.79 Å². The van der Waals surface area contributed by atoms with Crippen molar-refractivity contribution in [1.82, 2.24) is 9.88 Å². The normalized spacial score (nSPS) is 18.3. The van der Waals surface area contributed by atoms with E-state index < -0.39 is 12.0 Å². The van der Waals surface area contributed by atoms with Crippen LogP contribution in [0.2, 0.25) is 0 Å². The molecule has 2 aromatic carbocycles. The van der Waals surface area contributed by atoms with Crippen LogP contribution in [0.1, 0.15) is 49.5 Å². The summed E-state index contributed by atoms with van der Waals surface area (Å²) >= 11 is 0. The molecule has 1 aliphatic heterocycles. The molecule has 1 unspecified atom stereocenters. The highest BCUT2D eigenvalue weighted by Gasteiger charge is 2.38. The fourth-order valence-corrected chi connectivity index (χ4v) is 4.86. The fraction of sp³-hybridized carbons (Fsp3) is 0.308. The van der Waals surface area contributed by atoms with E-state index in [0.29, 0.717) is 17.6 Å². The zero-order valence-corrected chi connectivity index (χ0v) is 18.7. The van der Waals surface area contributed by atoms with E-state index in [1.165, 1.54) is 0 Å². The predicted octanol–water partition coefficient (Wildman–Crippen LogP) is 5.51. The number of likely N-dealkylation sites (tertiary alicyclic amines) is 1. The molecule has 2 amide bonds. The van der Waals surface area contributed by atoms with E-state index in [4.69, 9.17) is 5.73 Å². The van der Waals surface area contributed by atoms with Crippen LogP contribution in [0.5, 0.6) is 0 Å². The average molecular weight is 432 g/mol. The topological polar surface area (TPSA) is 99.4 Å². The van der Waals surface area contributed by atoms with Crippen molar-refractivity contribution >= 4 is 29.0 Å². The second-order valence-electron chi connectivity index (χ2n) is 9.49. The summed E-state index contributed by atoms with van der Waals surface area (Å²) in [7, 11) is 0. The summed E-state index contributed by atoms with van der Waals surface area (Å²) in [6, 6.07) is 13.5. The van der Waals surface area contributed by atoms with E-state index in [1.807, 2.05) is 42.6 Å². The standard InChI is InChI=1S/C26H29N3O3/c1-26(2,3)23-17(10-7-11-29(23)25(31)32)12-19-15-28-22-20(19)13-18(14-21(22)24(27)30)16-8-5-4-6-9-16/h4-6,8-9,12-15,23,28H,7,10-11H2,1-3H3,(H2,27,30)(H,31,32)/b17-12+. The Morgan fingerprint density at radius 3 is 2.50 bits per heavy atom. The summed E-state index contributed by atoms with van der Waals surface area (Å²) in [6.07, 6.45) is 4.69. The maximum absolute atomic E-state index is 12.2. The molecule has 0 spiro atoms. The molecule has 0 bridgehead atoms. The van der Waals surface area contributed by atoms with Crippen molar-refractivity contribution in [3.05, 3.63) is 65.4 Å². The van der Waals surface area contributed by atoms with Crippen LogP contribution >= 0.6 is 0 Å². The molecule has 1 fully saturated rings. The lowest BCUT2D eigenvalue weighted by atomic mass is 9.77. The van der Waals surface area contributed by atoms with Crippen molar-refractivity contribution in [2.24, 2.45) is 11.1 Å². The number of carbonyl (C=O) groups is 2. The van der Waals surface area contributed by atoms with E-state index in [2.05, 4.69) is 37.9 Å². The van der Waals surface area contributed by atoms with E-state index in [-0.39, 0.29) is 11.5 Å². The van der Waals surface area contributed by atoms with Crippen LogP contribution < -0.4 is 5.73 Å². The highest BCUT2D eigenvalue weighted by atomic mass is 16.4. The smallest absolute Gasteiger partial charge is 0.407 e. The van der Waals surface area contributed by atoms with Gasteiger partial charge in [-0.1, -0.05) is 57.2 Å². The largest absolute Gasteiger partial charge is 0.465 e. The second kappa shape index (κ2) is 8.19. The molecule has 1 aromatic heterocycles. The molecule has 0 aliphatic carbocycles. The number of rotatable bonds is 3. The lowest BCUT2D eigenvalue weighted by Gasteiger charge is -2.43. The van der Waals surface area contributed by atoms with Gasteiger partial charge in [-0.3, -0.25) is 4.79 Å². The summed E-state index contributed by atoms with van der Waals surface area (Å²) < 4.78 is 0. The first-order valence-electron chi connectivity index (χ1n) is 10.9. The van der Waals surface area contributed by atoms with Gasteiger partial charge in [0.05, 0.1) is 17.1 Å². The number of hydrogen-bond acceptors (Lipinski definition) is 2. The Kier molecular flexibility index (Phi) is 5.55. The highest BCUT2D eigenvalue weighted by molar-refractivity contribution is 6.08. The van der Waals surface area contributed by atoms with Gasteiger partial charge in [0.1, 0.15) is 0 Å². The summed E-state index contributed by atoms with van der Waals surface area (Å²) in [6.45, 7) is 6.74. The Morgan fingerprint density at radius 2 is 1.88 bits per heavy atom. The third-order valence-electron chi connectivity index (χ3n) is 6.13. The summed E-state index contributed by atoms with van der Waals surface area (Å²) in [4.78, 5) is 28.9. The number of nitrogens with one attached hydrogen (secondary N) is 1. The fourth-order valence-electron chi connectivity index (χ4n) is 4.86. The minimum atomic E-state index is -0.892. The van der Waals surface area contributed by atoms with Gasteiger partial charge in [-0.2, -0.15) is 0 Å². The molecule has 6 nitrogen and oxygen atoms in total. The van der Waals surface area contributed by atoms with Gasteiger partial charge in [0.25, 0.3) is 5.91 Å². The summed E-state index contributed by atoms with van der Waals surface area (Å²) in [5.41, 5.74) is 10.5. The van der Waals surface area contributed by atoms with Gasteiger partial charge < -0.3 is 20.7 Å². The second-order valence-corrected chi connectivity index (χ2v) is 9.49. The van der Waals surface area contributed by atoms with Crippen molar-refractivity contribution in [3.8, 4) is 11.1 Å². The number of primary amides is 1. The lowest BCUT2D eigenvalue weighted by Crippen LogP contribution is -2.50. The number of aromatic nitrogens is 1. The molecule has 2 heterocycles. The van der Waals surface area contributed by atoms with Crippen LogP contribution in [0.15, 0.2) is 54.2 Å². The zero-order chi connectivity index (χ0) is 23.0. The average Bonchev–Trinajstić information content (AvgIpc) is 3.15. The number of nitrogens with zero attached hydrogens (tertiary/aromatic N) is 1. The van der Waals surface area contributed by atoms with Crippen molar-refractivity contribution in [2.45, 2.75) is 39.7 Å². The molecule has 1 aliphatic rings. The van der Waals surface area contributed by atoms with Gasteiger partial charge >= 0.3 is 6.09 Å². The van der Waals surface area contributed by atoms with E-state index >= 15 is 0 Å². The van der Waals surface area contributed by atoms with Gasteiger partial charge in [-0.05, 0) is 52.7 Å². The quantitative estimate of drug-likeness (QED) is 0.510. The van der Waals surface area contributed by atoms with Gasteiger partial charge in [0.15, 0.2) is 0 Å². The molecule has 6 heteroatoms. The van der Waals surface area contributed by atoms with Crippen molar-refractivity contribution < 1.29 is 14.7 Å². The minimum absolute atomic E-state index is 0.216. The number of carbonyl (C=O) groups excluding carboxylic acids is 1. The van der Waals surface area contributed by atoms with E-state index in [1.54, 1.807) is 4.90 Å². The maximum atomic E-state index is 12.2. The van der Waals surface area contributed by atoms with Crippen LogP contribution in [0.3, 0.4) is 0 Å². The van der Waals surface area contributed by atoms with Gasteiger partial charge in [-0.15, -0.1) is 0 Å². The van der Waals surface area contributed by atoms with Crippen molar-refractivity contribution in [1.29, 1.82) is 0 Å². The van der Waals surface area contributed by atoms with Gasteiger partial charge in [0.2, 0.25) is 0 Å². The highest BCUT2D eigenvalue weighted by Crippen LogP contribution is 2.38. The summed E-state index contributed by atoms with van der Waals surface area (Å²) in [5.74, 6) is -0.490. The number of nitrogens with two attached hydrogens (primary N) is 1. The lowest BCUT2D eigenvalue weighted by molar-refractivity contribution is 0.0854. The van der Waals surface area contributed by atoms with Crippen LogP contribution in [0.25, 0.3) is 28.1 Å².